The second-order valence-electron chi connectivity index (χ2n) is 4.85. The van der Waals surface area contributed by atoms with Gasteiger partial charge in [-0.2, -0.15) is 13.2 Å². The standard InChI is InChI=1S/C15H18F3N3/c1-3-19-13(10-14-20-8-9-21(14)2)11-6-4-5-7-12(11)15(16,17)18/h4-9,13,19H,3,10H2,1-2H3. The minimum Gasteiger partial charge on any atom is -0.338 e. The van der Waals surface area contributed by atoms with E-state index in [4.69, 9.17) is 0 Å². The lowest BCUT2D eigenvalue weighted by molar-refractivity contribution is -0.138. The Kier molecular flexibility index (Phi) is 4.67. The van der Waals surface area contributed by atoms with Crippen LogP contribution in [0.3, 0.4) is 0 Å². The lowest BCUT2D eigenvalue weighted by atomic mass is 9.97. The maximum Gasteiger partial charge on any atom is 0.416 e. The number of aryl methyl sites for hydroxylation is 1. The summed E-state index contributed by atoms with van der Waals surface area (Å²) in [5.41, 5.74) is -0.333. The molecule has 1 aromatic heterocycles. The molecule has 0 amide bonds. The maximum atomic E-state index is 13.2. The molecule has 1 unspecified atom stereocenters. The van der Waals surface area contributed by atoms with Crippen LogP contribution in [-0.4, -0.2) is 16.1 Å². The molecule has 1 aromatic carbocycles. The summed E-state index contributed by atoms with van der Waals surface area (Å²) in [6, 6.07) is 5.27. The van der Waals surface area contributed by atoms with Crippen LogP contribution in [0.2, 0.25) is 0 Å². The van der Waals surface area contributed by atoms with Crippen LogP contribution in [-0.2, 0) is 19.6 Å². The van der Waals surface area contributed by atoms with Crippen molar-refractivity contribution in [1.29, 1.82) is 0 Å². The molecule has 114 valence electrons. The Morgan fingerprint density at radius 3 is 2.57 bits per heavy atom. The summed E-state index contributed by atoms with van der Waals surface area (Å²) in [7, 11) is 1.83. The molecule has 1 atom stereocenters. The zero-order chi connectivity index (χ0) is 15.5. The molecule has 0 aliphatic heterocycles. The molecular weight excluding hydrogens is 279 g/mol. The molecule has 0 saturated carbocycles. The fraction of sp³-hybridized carbons (Fsp3) is 0.400. The number of likely N-dealkylation sites (N-methyl/N-ethyl adjacent to an activating group) is 1. The van der Waals surface area contributed by atoms with Gasteiger partial charge in [-0.05, 0) is 18.2 Å². The summed E-state index contributed by atoms with van der Waals surface area (Å²) in [5, 5.41) is 3.12. The van der Waals surface area contributed by atoms with Gasteiger partial charge in [-0.1, -0.05) is 25.1 Å². The molecule has 21 heavy (non-hydrogen) atoms. The third kappa shape index (κ3) is 3.64. The molecule has 0 radical (unpaired) electrons. The summed E-state index contributed by atoms with van der Waals surface area (Å²) in [4.78, 5) is 4.20. The highest BCUT2D eigenvalue weighted by molar-refractivity contribution is 5.33. The van der Waals surface area contributed by atoms with Crippen molar-refractivity contribution >= 4 is 0 Å². The van der Waals surface area contributed by atoms with Crippen molar-refractivity contribution in [3.8, 4) is 0 Å². The predicted molar refractivity (Wildman–Crippen MR) is 74.8 cm³/mol. The Morgan fingerprint density at radius 1 is 1.29 bits per heavy atom. The van der Waals surface area contributed by atoms with Crippen molar-refractivity contribution in [2.75, 3.05) is 6.54 Å². The van der Waals surface area contributed by atoms with Crippen molar-refractivity contribution in [3.63, 3.8) is 0 Å². The molecule has 0 spiro atoms. The van der Waals surface area contributed by atoms with Crippen LogP contribution in [0.5, 0.6) is 0 Å². The maximum absolute atomic E-state index is 13.2. The number of halogens is 3. The van der Waals surface area contributed by atoms with E-state index in [9.17, 15) is 13.2 Å². The molecule has 2 aromatic rings. The van der Waals surface area contributed by atoms with Crippen LogP contribution in [0.4, 0.5) is 13.2 Å². The van der Waals surface area contributed by atoms with Gasteiger partial charge in [0.1, 0.15) is 5.82 Å². The van der Waals surface area contributed by atoms with E-state index in [2.05, 4.69) is 10.3 Å². The topological polar surface area (TPSA) is 29.9 Å². The van der Waals surface area contributed by atoms with Gasteiger partial charge < -0.3 is 9.88 Å². The predicted octanol–water partition coefficient (Wildman–Crippen LogP) is 3.33. The van der Waals surface area contributed by atoms with Gasteiger partial charge >= 0.3 is 6.18 Å². The third-order valence-electron chi connectivity index (χ3n) is 3.40. The molecule has 1 N–H and O–H groups in total. The minimum absolute atomic E-state index is 0.259. The molecule has 0 saturated heterocycles. The molecule has 0 fully saturated rings. The lowest BCUT2D eigenvalue weighted by Crippen LogP contribution is -2.26. The van der Waals surface area contributed by atoms with E-state index in [0.717, 1.165) is 11.9 Å². The molecule has 0 aliphatic rings. The van der Waals surface area contributed by atoms with Gasteiger partial charge in [-0.15, -0.1) is 0 Å². The molecule has 1 heterocycles. The molecule has 0 bridgehead atoms. The quantitative estimate of drug-likeness (QED) is 0.917. The first-order chi connectivity index (χ1) is 9.93. The molecule has 2 rings (SSSR count). The van der Waals surface area contributed by atoms with E-state index in [1.165, 1.54) is 12.1 Å². The van der Waals surface area contributed by atoms with Crippen LogP contribution >= 0.6 is 0 Å². The largest absolute Gasteiger partial charge is 0.416 e. The van der Waals surface area contributed by atoms with E-state index < -0.39 is 17.8 Å². The van der Waals surface area contributed by atoms with E-state index in [0.29, 0.717) is 13.0 Å². The van der Waals surface area contributed by atoms with Gasteiger partial charge in [-0.25, -0.2) is 4.98 Å². The Morgan fingerprint density at radius 2 is 2.00 bits per heavy atom. The SMILES string of the molecule is CCNC(Cc1nccn1C)c1ccccc1C(F)(F)F. The number of aromatic nitrogens is 2. The minimum atomic E-state index is -4.36. The average Bonchev–Trinajstić information content (AvgIpc) is 2.83. The number of hydrogen-bond donors (Lipinski definition) is 1. The summed E-state index contributed by atoms with van der Waals surface area (Å²) >= 11 is 0. The van der Waals surface area contributed by atoms with E-state index in [1.54, 1.807) is 18.5 Å². The van der Waals surface area contributed by atoms with E-state index in [-0.39, 0.29) is 5.56 Å². The summed E-state index contributed by atoms with van der Waals surface area (Å²) < 4.78 is 41.3. The number of nitrogens with one attached hydrogen (secondary N) is 1. The van der Waals surface area contributed by atoms with Gasteiger partial charge in [0.25, 0.3) is 0 Å². The van der Waals surface area contributed by atoms with Gasteiger partial charge in [0, 0.05) is 31.9 Å². The van der Waals surface area contributed by atoms with Gasteiger partial charge in [-0.3, -0.25) is 0 Å². The zero-order valence-corrected chi connectivity index (χ0v) is 12.0. The number of rotatable bonds is 5. The van der Waals surface area contributed by atoms with E-state index >= 15 is 0 Å². The highest BCUT2D eigenvalue weighted by Gasteiger charge is 2.35. The molecule has 0 aliphatic carbocycles. The molecule has 6 heteroatoms. The first-order valence-electron chi connectivity index (χ1n) is 6.79. The van der Waals surface area contributed by atoms with Crippen LogP contribution in [0.15, 0.2) is 36.7 Å². The summed E-state index contributed by atoms with van der Waals surface area (Å²) in [6.45, 7) is 2.46. The van der Waals surface area contributed by atoms with E-state index in [1.807, 2.05) is 18.5 Å². The summed E-state index contributed by atoms with van der Waals surface area (Å²) in [6.07, 6.45) is -0.516. The Bertz CT molecular complexity index is 590. The molecular formula is C15H18F3N3. The van der Waals surface area contributed by atoms with Crippen molar-refractivity contribution < 1.29 is 13.2 Å². The van der Waals surface area contributed by atoms with Crippen LogP contribution in [0.25, 0.3) is 0 Å². The average molecular weight is 297 g/mol. The van der Waals surface area contributed by atoms with Gasteiger partial charge in [0.05, 0.1) is 5.56 Å². The fourth-order valence-electron chi connectivity index (χ4n) is 2.37. The van der Waals surface area contributed by atoms with Crippen molar-refractivity contribution in [1.82, 2.24) is 14.9 Å². The van der Waals surface area contributed by atoms with Crippen LogP contribution in [0, 0.1) is 0 Å². The zero-order valence-electron chi connectivity index (χ0n) is 12.0. The first kappa shape index (κ1) is 15.6. The Balaban J connectivity index is 2.37. The highest BCUT2D eigenvalue weighted by Crippen LogP contribution is 2.35. The third-order valence-corrected chi connectivity index (χ3v) is 3.40. The smallest absolute Gasteiger partial charge is 0.338 e. The number of benzene rings is 1. The monoisotopic (exact) mass is 297 g/mol. The second-order valence-corrected chi connectivity index (χ2v) is 4.85. The lowest BCUT2D eigenvalue weighted by Gasteiger charge is -2.22. The number of alkyl halides is 3. The number of nitrogens with zero attached hydrogens (tertiary/aromatic N) is 2. The van der Waals surface area contributed by atoms with Gasteiger partial charge in [0.15, 0.2) is 0 Å². The highest BCUT2D eigenvalue weighted by atomic mass is 19.4. The normalized spacial score (nSPS) is 13.4. The van der Waals surface area contributed by atoms with Crippen molar-refractivity contribution in [2.45, 2.75) is 25.6 Å². The molecule has 3 nitrogen and oxygen atoms in total. The van der Waals surface area contributed by atoms with Crippen molar-refractivity contribution in [3.05, 3.63) is 53.6 Å². The first-order valence-corrected chi connectivity index (χ1v) is 6.79. The van der Waals surface area contributed by atoms with Crippen LogP contribution in [0.1, 0.15) is 29.9 Å². The Labute approximate surface area is 121 Å². The number of hydrogen-bond acceptors (Lipinski definition) is 2. The van der Waals surface area contributed by atoms with Crippen LogP contribution < -0.4 is 5.32 Å². The fourth-order valence-corrected chi connectivity index (χ4v) is 2.37. The second kappa shape index (κ2) is 6.30. The summed E-state index contributed by atoms with van der Waals surface area (Å²) in [5.74, 6) is 0.748. The Hall–Kier alpha value is -1.82. The van der Waals surface area contributed by atoms with Crippen molar-refractivity contribution in [2.24, 2.45) is 7.05 Å². The van der Waals surface area contributed by atoms with Gasteiger partial charge in [0.2, 0.25) is 0 Å². The number of imidazole rings is 1.